The summed E-state index contributed by atoms with van der Waals surface area (Å²) < 4.78 is 13.6. The summed E-state index contributed by atoms with van der Waals surface area (Å²) in [5.41, 5.74) is 7.43. The third-order valence-corrected chi connectivity index (χ3v) is 3.34. The number of hydrogen-bond donors (Lipinski definition) is 1. The Bertz CT molecular complexity index is 594. The van der Waals surface area contributed by atoms with Gasteiger partial charge in [-0.2, -0.15) is 0 Å². The minimum absolute atomic E-state index is 0.0971. The van der Waals surface area contributed by atoms with Crippen molar-refractivity contribution in [3.8, 4) is 0 Å². The van der Waals surface area contributed by atoms with Gasteiger partial charge in [0, 0.05) is 31.0 Å². The molecule has 0 amide bonds. The average molecular weight is 318 g/mol. The lowest BCUT2D eigenvalue weighted by atomic mass is 9.93. The van der Waals surface area contributed by atoms with Crippen LogP contribution in [0.25, 0.3) is 0 Å². The fourth-order valence-electron chi connectivity index (χ4n) is 2.30. The Morgan fingerprint density at radius 3 is 2.35 bits per heavy atom. The van der Waals surface area contributed by atoms with E-state index in [0.29, 0.717) is 5.95 Å². The molecule has 124 valence electrons. The normalized spacial score (nSPS) is 18.5. The molecule has 6 heteroatoms. The minimum Gasteiger partial charge on any atom is -0.368 e. The highest BCUT2D eigenvalue weighted by Crippen LogP contribution is 2.32. The first-order chi connectivity index (χ1) is 11.0. The van der Waals surface area contributed by atoms with Crippen molar-refractivity contribution < 1.29 is 9.18 Å². The third-order valence-electron chi connectivity index (χ3n) is 3.34. The largest absolute Gasteiger partial charge is 0.368 e. The van der Waals surface area contributed by atoms with Crippen LogP contribution in [0.5, 0.6) is 0 Å². The molecule has 2 atom stereocenters. The highest BCUT2D eigenvalue weighted by atomic mass is 19.1. The predicted molar refractivity (Wildman–Crippen MR) is 90.8 cm³/mol. The van der Waals surface area contributed by atoms with E-state index in [2.05, 4.69) is 16.0 Å². The van der Waals surface area contributed by atoms with E-state index in [1.54, 1.807) is 23.4 Å². The van der Waals surface area contributed by atoms with Crippen LogP contribution in [0.15, 0.2) is 42.7 Å². The SMILES string of the molecule is CC1Cc2ccccc2N(C)[C@H]1F.CC=O.Nc1ncccn1. The Kier molecular flexibility index (Phi) is 7.66. The number of nitrogens with zero attached hydrogens (tertiary/aromatic N) is 3. The summed E-state index contributed by atoms with van der Waals surface area (Å²) in [6, 6.07) is 9.74. The van der Waals surface area contributed by atoms with Crippen molar-refractivity contribution in [3.05, 3.63) is 48.3 Å². The first-order valence-electron chi connectivity index (χ1n) is 7.38. The molecule has 1 aromatic heterocycles. The number of carbonyl (C=O) groups excluding carboxylic acids is 1. The van der Waals surface area contributed by atoms with Crippen LogP contribution in [0.3, 0.4) is 0 Å². The number of anilines is 2. The van der Waals surface area contributed by atoms with Crippen LogP contribution >= 0.6 is 0 Å². The quantitative estimate of drug-likeness (QED) is 0.597. The van der Waals surface area contributed by atoms with Gasteiger partial charge in [0.25, 0.3) is 0 Å². The molecule has 0 radical (unpaired) electrons. The number of para-hydroxylation sites is 1. The third kappa shape index (κ3) is 5.65. The van der Waals surface area contributed by atoms with Gasteiger partial charge in [-0.25, -0.2) is 14.4 Å². The highest BCUT2D eigenvalue weighted by molar-refractivity contribution is 5.55. The van der Waals surface area contributed by atoms with E-state index in [0.717, 1.165) is 18.4 Å². The second-order valence-corrected chi connectivity index (χ2v) is 5.14. The Hall–Kier alpha value is -2.50. The van der Waals surface area contributed by atoms with Crippen LogP contribution < -0.4 is 10.6 Å². The number of nitrogen functional groups attached to an aromatic ring is 1. The fourth-order valence-corrected chi connectivity index (χ4v) is 2.30. The number of carbonyl (C=O) groups is 1. The van der Waals surface area contributed by atoms with Crippen molar-refractivity contribution in [3.63, 3.8) is 0 Å². The van der Waals surface area contributed by atoms with Crippen LogP contribution in [0.4, 0.5) is 16.0 Å². The molecule has 2 aromatic rings. The lowest BCUT2D eigenvalue weighted by Gasteiger charge is -2.35. The van der Waals surface area contributed by atoms with Gasteiger partial charge in [-0.15, -0.1) is 0 Å². The highest BCUT2D eigenvalue weighted by Gasteiger charge is 2.28. The van der Waals surface area contributed by atoms with E-state index in [9.17, 15) is 4.39 Å². The summed E-state index contributed by atoms with van der Waals surface area (Å²) in [5.74, 6) is 0.419. The van der Waals surface area contributed by atoms with Crippen molar-refractivity contribution in [2.24, 2.45) is 5.92 Å². The van der Waals surface area contributed by atoms with E-state index >= 15 is 0 Å². The molecular formula is C17H23FN4O. The molecule has 2 N–H and O–H groups in total. The van der Waals surface area contributed by atoms with Crippen LogP contribution in [0, 0.1) is 5.92 Å². The zero-order chi connectivity index (χ0) is 17.2. The zero-order valence-corrected chi connectivity index (χ0v) is 13.7. The van der Waals surface area contributed by atoms with Gasteiger partial charge >= 0.3 is 0 Å². The average Bonchev–Trinajstić information content (AvgIpc) is 2.55. The van der Waals surface area contributed by atoms with E-state index in [-0.39, 0.29) is 5.92 Å². The molecule has 1 aliphatic heterocycles. The lowest BCUT2D eigenvalue weighted by molar-refractivity contribution is -0.106. The van der Waals surface area contributed by atoms with E-state index < -0.39 is 6.30 Å². The molecule has 1 unspecified atom stereocenters. The number of alkyl halides is 1. The molecule has 0 spiro atoms. The maximum atomic E-state index is 13.6. The molecule has 5 nitrogen and oxygen atoms in total. The number of aldehydes is 1. The van der Waals surface area contributed by atoms with Crippen molar-refractivity contribution in [2.75, 3.05) is 17.7 Å². The van der Waals surface area contributed by atoms with Crippen LogP contribution in [0.2, 0.25) is 0 Å². The van der Waals surface area contributed by atoms with E-state index in [1.807, 2.05) is 32.2 Å². The monoisotopic (exact) mass is 318 g/mol. The summed E-state index contributed by atoms with van der Waals surface area (Å²) in [4.78, 5) is 17.8. The number of benzene rings is 1. The van der Waals surface area contributed by atoms with Crippen LogP contribution in [-0.2, 0) is 11.2 Å². The first-order valence-corrected chi connectivity index (χ1v) is 7.38. The van der Waals surface area contributed by atoms with Gasteiger partial charge in [0.2, 0.25) is 5.95 Å². The molecule has 1 aliphatic rings. The summed E-state index contributed by atoms with van der Waals surface area (Å²) in [7, 11) is 1.82. The van der Waals surface area contributed by atoms with Crippen LogP contribution in [0.1, 0.15) is 19.4 Å². The Balaban J connectivity index is 0.000000223. The second-order valence-electron chi connectivity index (χ2n) is 5.14. The molecule has 0 fully saturated rings. The second kappa shape index (κ2) is 9.50. The maximum absolute atomic E-state index is 13.6. The molecule has 0 saturated heterocycles. The summed E-state index contributed by atoms with van der Waals surface area (Å²) >= 11 is 0. The predicted octanol–water partition coefficient (Wildman–Crippen LogP) is 2.87. The van der Waals surface area contributed by atoms with Gasteiger partial charge in [-0.05, 0) is 31.0 Å². The molecule has 0 bridgehead atoms. The van der Waals surface area contributed by atoms with Crippen molar-refractivity contribution in [1.82, 2.24) is 9.97 Å². The molecule has 3 rings (SSSR count). The van der Waals surface area contributed by atoms with Crippen molar-refractivity contribution in [1.29, 1.82) is 0 Å². The summed E-state index contributed by atoms with van der Waals surface area (Å²) in [6.07, 6.45) is 3.96. The van der Waals surface area contributed by atoms with Gasteiger partial charge in [0.1, 0.15) is 6.29 Å². The van der Waals surface area contributed by atoms with Gasteiger partial charge in [-0.3, -0.25) is 0 Å². The van der Waals surface area contributed by atoms with Gasteiger partial charge < -0.3 is 15.4 Å². The lowest BCUT2D eigenvalue weighted by Crippen LogP contribution is -2.38. The number of halogens is 1. The maximum Gasteiger partial charge on any atom is 0.219 e. The standard InChI is InChI=1S/C11H14FN.C4H5N3.C2H4O/c1-8-7-9-5-3-4-6-10(9)13(2)11(8)12;5-4-6-2-1-3-7-4;1-2-3/h3-6,8,11H,7H2,1-2H3;1-3H,(H2,5,6,7);2H,1H3/t8?,11-;;/m1../s1. The number of rotatable bonds is 0. The molecule has 0 saturated carbocycles. The van der Waals surface area contributed by atoms with E-state index in [1.165, 1.54) is 12.5 Å². The zero-order valence-electron chi connectivity index (χ0n) is 13.7. The molecule has 0 aliphatic carbocycles. The first kappa shape index (κ1) is 18.5. The molecule has 1 aromatic carbocycles. The van der Waals surface area contributed by atoms with Crippen molar-refractivity contribution in [2.45, 2.75) is 26.6 Å². The molecule has 2 heterocycles. The smallest absolute Gasteiger partial charge is 0.219 e. The van der Waals surface area contributed by atoms with E-state index in [4.69, 9.17) is 10.5 Å². The Labute approximate surface area is 136 Å². The topological polar surface area (TPSA) is 72.1 Å². The minimum atomic E-state index is -0.838. The van der Waals surface area contributed by atoms with Crippen molar-refractivity contribution >= 4 is 17.9 Å². The van der Waals surface area contributed by atoms with Gasteiger partial charge in [0.05, 0.1) is 0 Å². The molecule has 23 heavy (non-hydrogen) atoms. The molecular weight excluding hydrogens is 295 g/mol. The number of aromatic nitrogens is 2. The Morgan fingerprint density at radius 2 is 1.83 bits per heavy atom. The van der Waals surface area contributed by atoms with Gasteiger partial charge in [-0.1, -0.05) is 25.1 Å². The fraction of sp³-hybridized carbons (Fsp3) is 0.353. The summed E-state index contributed by atoms with van der Waals surface area (Å²) in [6.45, 7) is 3.40. The number of nitrogens with two attached hydrogens (primary N) is 1. The number of hydrogen-bond acceptors (Lipinski definition) is 5. The summed E-state index contributed by atoms with van der Waals surface area (Å²) in [5, 5.41) is 0. The number of fused-ring (bicyclic) bond motifs is 1. The van der Waals surface area contributed by atoms with Crippen LogP contribution in [-0.4, -0.2) is 29.6 Å². The van der Waals surface area contributed by atoms with Gasteiger partial charge in [0.15, 0.2) is 6.30 Å². The Morgan fingerprint density at radius 1 is 1.26 bits per heavy atom.